The average molecular weight is 525 g/mol. The lowest BCUT2D eigenvalue weighted by Crippen LogP contribution is -2.69. The van der Waals surface area contributed by atoms with Crippen molar-refractivity contribution >= 4 is 33.9 Å². The van der Waals surface area contributed by atoms with Gasteiger partial charge in [-0.15, -0.1) is 0 Å². The number of carboxylic acids is 2. The highest BCUT2D eigenvalue weighted by atomic mass is 79.9. The lowest BCUT2D eigenvalue weighted by molar-refractivity contribution is -0.172. The molecule has 0 amide bonds. The largest absolute Gasteiger partial charge is 0.481 e. The minimum Gasteiger partial charge on any atom is -0.481 e. The molecular weight excluding hydrogens is 496 g/mol. The summed E-state index contributed by atoms with van der Waals surface area (Å²) in [6, 6.07) is 17.8. The highest BCUT2D eigenvalue weighted by Crippen LogP contribution is 2.59. The van der Waals surface area contributed by atoms with Gasteiger partial charge >= 0.3 is 11.9 Å². The van der Waals surface area contributed by atoms with Crippen LogP contribution in [0.15, 0.2) is 65.1 Å². The summed E-state index contributed by atoms with van der Waals surface area (Å²) in [5.41, 5.74) is -1.40. The van der Waals surface area contributed by atoms with Crippen LogP contribution in [0.25, 0.3) is 6.08 Å². The number of carboxylic acid groups (broad SMARTS) is 2. The molecule has 2 aromatic carbocycles. The monoisotopic (exact) mass is 524 g/mol. The van der Waals surface area contributed by atoms with Crippen LogP contribution in [0.4, 0.5) is 0 Å². The molecule has 1 fully saturated rings. The van der Waals surface area contributed by atoms with Crippen molar-refractivity contribution in [1.82, 2.24) is 5.32 Å². The number of aliphatic carboxylic acids is 2. The SMILES string of the molecule is CC1NC(C)C(CCC#N)(C(=O)O)C(c2cccc(Br)c2)C1(CC=Cc1ccccc1)C(=O)O. The summed E-state index contributed by atoms with van der Waals surface area (Å²) in [6.07, 6.45) is 3.85. The zero-order chi connectivity index (χ0) is 24.9. The number of allylic oxidation sites excluding steroid dienone is 1. The Balaban J connectivity index is 2.26. The third-order valence-electron chi connectivity index (χ3n) is 7.27. The van der Waals surface area contributed by atoms with Crippen molar-refractivity contribution in [3.05, 3.63) is 76.3 Å². The maximum Gasteiger partial charge on any atom is 0.312 e. The quantitative estimate of drug-likeness (QED) is 0.422. The molecule has 7 heteroatoms. The van der Waals surface area contributed by atoms with Gasteiger partial charge in [0.05, 0.1) is 16.9 Å². The number of piperidine rings is 1. The van der Waals surface area contributed by atoms with Gasteiger partial charge in [0.1, 0.15) is 0 Å². The lowest BCUT2D eigenvalue weighted by Gasteiger charge is -2.57. The second kappa shape index (κ2) is 10.5. The average Bonchev–Trinajstić information content (AvgIpc) is 2.80. The molecule has 178 valence electrons. The molecule has 3 rings (SSSR count). The third kappa shape index (κ3) is 4.53. The number of hydrogen-bond acceptors (Lipinski definition) is 4. The second-order valence-corrected chi connectivity index (χ2v) is 9.88. The Labute approximate surface area is 208 Å². The number of rotatable bonds is 8. The summed E-state index contributed by atoms with van der Waals surface area (Å²) in [6.45, 7) is 3.58. The Bertz CT molecular complexity index is 1110. The fourth-order valence-corrected chi connectivity index (χ4v) is 6.01. The first-order chi connectivity index (χ1) is 16.2. The van der Waals surface area contributed by atoms with Crippen LogP contribution >= 0.6 is 15.9 Å². The van der Waals surface area contributed by atoms with E-state index in [9.17, 15) is 25.1 Å². The molecule has 0 aliphatic carbocycles. The summed E-state index contributed by atoms with van der Waals surface area (Å²) in [5, 5.41) is 34.0. The highest BCUT2D eigenvalue weighted by Gasteiger charge is 2.66. The smallest absolute Gasteiger partial charge is 0.312 e. The molecule has 6 nitrogen and oxygen atoms in total. The number of nitrogens with one attached hydrogen (secondary N) is 1. The van der Waals surface area contributed by atoms with Gasteiger partial charge in [-0.1, -0.05) is 70.5 Å². The molecule has 5 unspecified atom stereocenters. The van der Waals surface area contributed by atoms with Gasteiger partial charge in [0, 0.05) is 28.9 Å². The summed E-state index contributed by atoms with van der Waals surface area (Å²) in [7, 11) is 0. The van der Waals surface area contributed by atoms with Crippen molar-refractivity contribution < 1.29 is 19.8 Å². The molecule has 5 atom stereocenters. The van der Waals surface area contributed by atoms with Gasteiger partial charge < -0.3 is 15.5 Å². The Morgan fingerprint density at radius 1 is 1.06 bits per heavy atom. The molecule has 3 N–H and O–H groups in total. The lowest BCUT2D eigenvalue weighted by atomic mass is 9.49. The van der Waals surface area contributed by atoms with Gasteiger partial charge in [0.15, 0.2) is 0 Å². The van der Waals surface area contributed by atoms with Gasteiger partial charge in [0.2, 0.25) is 0 Å². The van der Waals surface area contributed by atoms with Gasteiger partial charge in [0.25, 0.3) is 0 Å². The van der Waals surface area contributed by atoms with E-state index >= 15 is 0 Å². The molecule has 1 aliphatic heterocycles. The number of carbonyl (C=O) groups is 2. The van der Waals surface area contributed by atoms with Crippen molar-refractivity contribution in [2.24, 2.45) is 10.8 Å². The second-order valence-electron chi connectivity index (χ2n) is 8.96. The van der Waals surface area contributed by atoms with Crippen LogP contribution in [0.5, 0.6) is 0 Å². The van der Waals surface area contributed by atoms with E-state index in [1.54, 1.807) is 25.1 Å². The highest BCUT2D eigenvalue weighted by molar-refractivity contribution is 9.10. The molecule has 0 aromatic heterocycles. The van der Waals surface area contributed by atoms with Crippen LogP contribution in [0.2, 0.25) is 0 Å². The van der Waals surface area contributed by atoms with Gasteiger partial charge in [-0.05, 0) is 49.9 Å². The number of nitriles is 1. The molecule has 0 bridgehead atoms. The minimum atomic E-state index is -1.50. The first-order valence-electron chi connectivity index (χ1n) is 11.3. The predicted octanol–water partition coefficient (Wildman–Crippen LogP) is 5.46. The fraction of sp³-hybridized carbons (Fsp3) is 0.370. The van der Waals surface area contributed by atoms with E-state index < -0.39 is 40.8 Å². The van der Waals surface area contributed by atoms with Crippen LogP contribution in [-0.4, -0.2) is 34.2 Å². The Morgan fingerprint density at radius 3 is 2.29 bits per heavy atom. The van der Waals surface area contributed by atoms with E-state index in [0.29, 0.717) is 5.56 Å². The van der Waals surface area contributed by atoms with Crippen LogP contribution in [0.3, 0.4) is 0 Å². The fourth-order valence-electron chi connectivity index (χ4n) is 5.60. The first-order valence-corrected chi connectivity index (χ1v) is 12.1. The number of hydrogen-bond donors (Lipinski definition) is 3. The van der Waals surface area contributed by atoms with Crippen LogP contribution < -0.4 is 5.32 Å². The molecule has 0 spiro atoms. The maximum absolute atomic E-state index is 13.1. The molecule has 1 aliphatic rings. The van der Waals surface area contributed by atoms with Crippen molar-refractivity contribution in [3.63, 3.8) is 0 Å². The third-order valence-corrected chi connectivity index (χ3v) is 7.76. The molecule has 2 aromatic rings. The van der Waals surface area contributed by atoms with Crippen LogP contribution in [0.1, 0.15) is 50.2 Å². The van der Waals surface area contributed by atoms with E-state index in [1.807, 2.05) is 55.5 Å². The molecule has 34 heavy (non-hydrogen) atoms. The van der Waals surface area contributed by atoms with E-state index in [1.165, 1.54) is 0 Å². The summed E-state index contributed by atoms with van der Waals surface area (Å²) in [4.78, 5) is 26.1. The molecule has 1 heterocycles. The maximum atomic E-state index is 13.1. The van der Waals surface area contributed by atoms with Crippen molar-refractivity contribution in [1.29, 1.82) is 5.26 Å². The number of halogens is 1. The number of benzene rings is 2. The van der Waals surface area contributed by atoms with Gasteiger partial charge in [-0.2, -0.15) is 5.26 Å². The summed E-state index contributed by atoms with van der Waals surface area (Å²) < 4.78 is 0.738. The molecule has 0 radical (unpaired) electrons. The predicted molar refractivity (Wildman–Crippen MR) is 134 cm³/mol. The van der Waals surface area contributed by atoms with E-state index in [0.717, 1.165) is 10.0 Å². The summed E-state index contributed by atoms with van der Waals surface area (Å²) >= 11 is 3.47. The first kappa shape index (κ1) is 25.7. The topological polar surface area (TPSA) is 110 Å². The summed E-state index contributed by atoms with van der Waals surface area (Å²) in [5.74, 6) is -3.05. The van der Waals surface area contributed by atoms with Crippen molar-refractivity contribution in [2.75, 3.05) is 0 Å². The molecule has 1 saturated heterocycles. The van der Waals surface area contributed by atoms with Crippen molar-refractivity contribution in [2.45, 2.75) is 51.1 Å². The molecular formula is C27H29BrN2O4. The Kier molecular flexibility index (Phi) is 7.96. The van der Waals surface area contributed by atoms with Crippen molar-refractivity contribution in [3.8, 4) is 6.07 Å². The zero-order valence-electron chi connectivity index (χ0n) is 19.2. The van der Waals surface area contributed by atoms with Crippen LogP contribution in [0, 0.1) is 22.2 Å². The standard InChI is InChI=1S/C27H29BrN2O4/c1-18-26(24(31)32,14-7-11-20-9-4-3-5-10-20)23(21-12-6-13-22(28)17-21)27(25(33)34,15-8-16-29)19(2)30-18/h3-7,9-13,17-19,23,30H,8,14-15H2,1-2H3,(H,31,32)(H,33,34). The normalized spacial score (nSPS) is 28.9. The van der Waals surface area contributed by atoms with E-state index in [-0.39, 0.29) is 19.3 Å². The van der Waals surface area contributed by atoms with Gasteiger partial charge in [-0.3, -0.25) is 9.59 Å². The zero-order valence-corrected chi connectivity index (χ0v) is 20.8. The number of nitrogens with zero attached hydrogens (tertiary/aromatic N) is 1. The molecule has 0 saturated carbocycles. The minimum absolute atomic E-state index is 0.00670. The van der Waals surface area contributed by atoms with Crippen LogP contribution in [-0.2, 0) is 9.59 Å². The van der Waals surface area contributed by atoms with Gasteiger partial charge in [-0.25, -0.2) is 0 Å². The van der Waals surface area contributed by atoms with E-state index in [4.69, 9.17) is 0 Å². The Morgan fingerprint density at radius 2 is 1.71 bits per heavy atom. The Hall–Kier alpha value is -2.95. The van der Waals surface area contributed by atoms with E-state index in [2.05, 4.69) is 27.3 Å².